The van der Waals surface area contributed by atoms with Gasteiger partial charge in [-0.3, -0.25) is 14.9 Å². The lowest BCUT2D eigenvalue weighted by molar-refractivity contribution is 0.101. The van der Waals surface area contributed by atoms with Gasteiger partial charge < -0.3 is 14.6 Å². The second kappa shape index (κ2) is 9.70. The smallest absolute Gasteiger partial charge is 0.270 e. The molecule has 0 saturated carbocycles. The second-order valence-corrected chi connectivity index (χ2v) is 6.75. The highest BCUT2D eigenvalue weighted by molar-refractivity contribution is 6.03. The maximum absolute atomic E-state index is 12.3. The Morgan fingerprint density at radius 1 is 1.19 bits per heavy atom. The van der Waals surface area contributed by atoms with Crippen LogP contribution in [0, 0.1) is 0 Å². The zero-order valence-corrected chi connectivity index (χ0v) is 17.4. The van der Waals surface area contributed by atoms with Crippen molar-refractivity contribution in [3.05, 3.63) is 52.6 Å². The van der Waals surface area contributed by atoms with Gasteiger partial charge in [-0.05, 0) is 42.8 Å². The van der Waals surface area contributed by atoms with Crippen molar-refractivity contribution in [2.75, 3.05) is 12.4 Å². The number of amides is 1. The van der Waals surface area contributed by atoms with E-state index in [4.69, 9.17) is 9.47 Å². The highest BCUT2D eigenvalue weighted by atomic mass is 16.5. The molecule has 0 bridgehead atoms. The lowest BCUT2D eigenvalue weighted by Crippen LogP contribution is -2.13. The quantitative estimate of drug-likeness (QED) is 0.445. The molecule has 10 heteroatoms. The highest BCUT2D eigenvalue weighted by Gasteiger charge is 2.17. The molecule has 2 aromatic carbocycles. The van der Waals surface area contributed by atoms with E-state index in [0.717, 1.165) is 6.42 Å². The first kappa shape index (κ1) is 21.8. The fourth-order valence-corrected chi connectivity index (χ4v) is 3.08. The molecule has 1 heterocycles. The van der Waals surface area contributed by atoms with Crippen molar-refractivity contribution in [2.24, 2.45) is 0 Å². The van der Waals surface area contributed by atoms with E-state index in [1.807, 2.05) is 6.92 Å². The molecule has 0 radical (unpaired) electrons. The number of benzene rings is 2. The summed E-state index contributed by atoms with van der Waals surface area (Å²) in [5, 5.41) is 26.0. The van der Waals surface area contributed by atoms with E-state index >= 15 is 0 Å². The summed E-state index contributed by atoms with van der Waals surface area (Å²) in [6.07, 6.45) is 1.34. The number of phenolic OH excluding ortho intramolecular Hbond substituents is 1. The van der Waals surface area contributed by atoms with Gasteiger partial charge in [-0.25, -0.2) is 0 Å². The Kier molecular flexibility index (Phi) is 6.81. The summed E-state index contributed by atoms with van der Waals surface area (Å²) >= 11 is 0. The minimum Gasteiger partial charge on any atom is -0.507 e. The van der Waals surface area contributed by atoms with Crippen molar-refractivity contribution in [3.63, 3.8) is 0 Å². The monoisotopic (exact) mass is 425 g/mol. The lowest BCUT2D eigenvalue weighted by Gasteiger charge is -2.16. The molecule has 1 aromatic heterocycles. The largest absolute Gasteiger partial charge is 0.507 e. The average molecular weight is 425 g/mol. The predicted octanol–water partition coefficient (Wildman–Crippen LogP) is 2.90. The van der Waals surface area contributed by atoms with Gasteiger partial charge in [-0.1, -0.05) is 24.5 Å². The second-order valence-electron chi connectivity index (χ2n) is 6.75. The van der Waals surface area contributed by atoms with Crippen LogP contribution < -0.4 is 14.8 Å². The van der Waals surface area contributed by atoms with Gasteiger partial charge in [0.05, 0.1) is 12.7 Å². The number of carbonyl (C=O) groups excluding carboxylic acids is 2. The number of carbonyl (C=O) groups is 2. The number of Topliss-reactive ketones (excluding diaryl/α,β-unsaturated/α-hetero) is 1. The SMILES string of the molecule is CCCc1c(OCc2ccc(C(=O)Nc3nn[nH]n3)cc2OC)ccc(C(C)=O)c1O. The van der Waals surface area contributed by atoms with Gasteiger partial charge in [0.1, 0.15) is 23.9 Å². The third kappa shape index (κ3) is 4.97. The molecule has 10 nitrogen and oxygen atoms in total. The van der Waals surface area contributed by atoms with E-state index in [0.29, 0.717) is 34.6 Å². The molecule has 0 atom stereocenters. The molecule has 3 aromatic rings. The number of phenols is 1. The molecule has 0 aliphatic carbocycles. The molecule has 0 fully saturated rings. The van der Waals surface area contributed by atoms with Crippen LogP contribution >= 0.6 is 0 Å². The summed E-state index contributed by atoms with van der Waals surface area (Å²) in [5.41, 5.74) is 1.91. The Labute approximate surface area is 178 Å². The highest BCUT2D eigenvalue weighted by Crippen LogP contribution is 2.34. The van der Waals surface area contributed by atoms with Gasteiger partial charge in [0.25, 0.3) is 11.9 Å². The van der Waals surface area contributed by atoms with Crippen LogP contribution in [0.3, 0.4) is 0 Å². The number of H-pyrrole nitrogens is 1. The number of aromatic hydroxyl groups is 1. The van der Waals surface area contributed by atoms with E-state index < -0.39 is 5.91 Å². The molecule has 0 aliphatic rings. The first-order valence-corrected chi connectivity index (χ1v) is 9.64. The van der Waals surface area contributed by atoms with Crippen LogP contribution in [0.4, 0.5) is 5.95 Å². The molecule has 0 saturated heterocycles. The number of hydrogen-bond acceptors (Lipinski definition) is 8. The van der Waals surface area contributed by atoms with Gasteiger partial charge in [0, 0.05) is 16.7 Å². The van der Waals surface area contributed by atoms with E-state index in [-0.39, 0.29) is 29.7 Å². The number of aromatic amines is 1. The number of anilines is 1. The molecule has 0 unspecified atom stereocenters. The van der Waals surface area contributed by atoms with Crippen LogP contribution in [-0.4, -0.2) is 44.5 Å². The minimum atomic E-state index is -0.415. The van der Waals surface area contributed by atoms with Crippen LogP contribution in [0.5, 0.6) is 17.2 Å². The van der Waals surface area contributed by atoms with E-state index in [9.17, 15) is 14.7 Å². The normalized spacial score (nSPS) is 10.5. The Morgan fingerprint density at radius 2 is 2.00 bits per heavy atom. The van der Waals surface area contributed by atoms with E-state index in [1.165, 1.54) is 14.0 Å². The number of aromatic nitrogens is 4. The van der Waals surface area contributed by atoms with Crippen molar-refractivity contribution in [3.8, 4) is 17.2 Å². The Hall–Kier alpha value is -3.95. The number of nitrogens with one attached hydrogen (secondary N) is 2. The van der Waals surface area contributed by atoms with Crippen molar-refractivity contribution in [1.29, 1.82) is 0 Å². The first-order chi connectivity index (χ1) is 14.9. The van der Waals surface area contributed by atoms with Crippen molar-refractivity contribution < 1.29 is 24.2 Å². The molecule has 0 spiro atoms. The summed E-state index contributed by atoms with van der Waals surface area (Å²) in [4.78, 5) is 24.1. The standard InChI is InChI=1S/C21H23N5O5/c1-4-5-16-17(9-8-15(12(2)27)19(16)28)31-11-14-7-6-13(10-18(14)30-3)20(29)22-21-23-25-26-24-21/h6-10,28H,4-5,11H2,1-3H3,(H2,22,23,24,25,26,29). The number of methoxy groups -OCH3 is 1. The predicted molar refractivity (Wildman–Crippen MR) is 112 cm³/mol. The molecule has 31 heavy (non-hydrogen) atoms. The van der Waals surface area contributed by atoms with Gasteiger partial charge >= 0.3 is 0 Å². The van der Waals surface area contributed by atoms with E-state index in [1.54, 1.807) is 30.3 Å². The molecular weight excluding hydrogens is 402 g/mol. The van der Waals surface area contributed by atoms with Crippen LogP contribution in [0.2, 0.25) is 0 Å². The van der Waals surface area contributed by atoms with Gasteiger partial charge in [-0.15, -0.1) is 5.10 Å². The van der Waals surface area contributed by atoms with E-state index in [2.05, 4.69) is 25.9 Å². The maximum atomic E-state index is 12.3. The molecule has 0 aliphatic heterocycles. The topological polar surface area (TPSA) is 139 Å². The number of hydrogen-bond donors (Lipinski definition) is 3. The van der Waals surface area contributed by atoms with Gasteiger partial charge in [0.2, 0.25) is 0 Å². The number of rotatable bonds is 9. The first-order valence-electron chi connectivity index (χ1n) is 9.64. The van der Waals surface area contributed by atoms with Crippen LogP contribution in [0.15, 0.2) is 30.3 Å². The lowest BCUT2D eigenvalue weighted by atomic mass is 10.0. The van der Waals surface area contributed by atoms with Crippen LogP contribution in [0.1, 0.15) is 52.1 Å². The zero-order valence-electron chi connectivity index (χ0n) is 17.4. The van der Waals surface area contributed by atoms with Crippen molar-refractivity contribution in [1.82, 2.24) is 20.6 Å². The number of tetrazole rings is 1. The van der Waals surface area contributed by atoms with Crippen LogP contribution in [-0.2, 0) is 13.0 Å². The summed E-state index contributed by atoms with van der Waals surface area (Å²) in [7, 11) is 1.50. The fourth-order valence-electron chi connectivity index (χ4n) is 3.08. The minimum absolute atomic E-state index is 0.0488. The third-order valence-corrected chi connectivity index (χ3v) is 4.62. The van der Waals surface area contributed by atoms with Gasteiger partial charge in [-0.2, -0.15) is 5.21 Å². The van der Waals surface area contributed by atoms with Gasteiger partial charge in [0.15, 0.2) is 5.78 Å². The Morgan fingerprint density at radius 3 is 2.65 bits per heavy atom. The Bertz CT molecular complexity index is 1080. The number of nitrogens with zero attached hydrogens (tertiary/aromatic N) is 3. The van der Waals surface area contributed by atoms with Crippen LogP contribution in [0.25, 0.3) is 0 Å². The van der Waals surface area contributed by atoms with Crippen molar-refractivity contribution in [2.45, 2.75) is 33.3 Å². The average Bonchev–Trinajstić information content (AvgIpc) is 3.26. The molecule has 3 N–H and O–H groups in total. The molecule has 162 valence electrons. The third-order valence-electron chi connectivity index (χ3n) is 4.62. The fraction of sp³-hybridized carbons (Fsp3) is 0.286. The maximum Gasteiger partial charge on any atom is 0.270 e. The summed E-state index contributed by atoms with van der Waals surface area (Å²) in [5.74, 6) is 0.341. The summed E-state index contributed by atoms with van der Waals surface area (Å²) in [6, 6.07) is 8.15. The summed E-state index contributed by atoms with van der Waals surface area (Å²) < 4.78 is 11.3. The number of ketones is 1. The zero-order chi connectivity index (χ0) is 22.4. The molecular formula is C21H23N5O5. The molecule has 3 rings (SSSR count). The number of ether oxygens (including phenoxy) is 2. The Balaban J connectivity index is 1.79. The summed E-state index contributed by atoms with van der Waals surface area (Å²) in [6.45, 7) is 3.53. The molecule has 1 amide bonds. The van der Waals surface area contributed by atoms with Crippen molar-refractivity contribution >= 4 is 17.6 Å².